The highest BCUT2D eigenvalue weighted by atomic mass is 32.1. The fourth-order valence-electron chi connectivity index (χ4n) is 3.30. The first-order valence-corrected chi connectivity index (χ1v) is 10.7. The van der Waals surface area contributed by atoms with Gasteiger partial charge in [0.1, 0.15) is 5.76 Å². The number of amides is 2. The van der Waals surface area contributed by atoms with Gasteiger partial charge in [0, 0.05) is 24.3 Å². The van der Waals surface area contributed by atoms with Gasteiger partial charge in [-0.2, -0.15) is 0 Å². The zero-order chi connectivity index (χ0) is 21.8. The molecule has 1 fully saturated rings. The molecule has 0 spiro atoms. The molecule has 0 unspecified atom stereocenters. The number of benzene rings is 1. The maximum atomic E-state index is 12.2. The van der Waals surface area contributed by atoms with Gasteiger partial charge in [0.25, 0.3) is 5.91 Å². The van der Waals surface area contributed by atoms with Crippen molar-refractivity contribution in [1.82, 2.24) is 4.98 Å². The highest BCUT2D eigenvalue weighted by Crippen LogP contribution is 2.26. The lowest BCUT2D eigenvalue weighted by Crippen LogP contribution is -2.24. The summed E-state index contributed by atoms with van der Waals surface area (Å²) in [6.07, 6.45) is 1.28. The van der Waals surface area contributed by atoms with Crippen LogP contribution in [0.15, 0.2) is 46.2 Å². The van der Waals surface area contributed by atoms with Gasteiger partial charge in [-0.05, 0) is 43.0 Å². The molecule has 1 aromatic carbocycles. The number of ether oxygens (including phenoxy) is 1. The van der Waals surface area contributed by atoms with Crippen LogP contribution in [0.5, 0.6) is 0 Å². The van der Waals surface area contributed by atoms with Crippen molar-refractivity contribution in [2.45, 2.75) is 26.2 Å². The predicted molar refractivity (Wildman–Crippen MR) is 116 cm³/mol. The summed E-state index contributed by atoms with van der Waals surface area (Å²) in [5.74, 6) is 0.0420. The minimum absolute atomic E-state index is 0.0720. The van der Waals surface area contributed by atoms with Gasteiger partial charge in [-0.3, -0.25) is 14.4 Å². The van der Waals surface area contributed by atoms with E-state index in [0.29, 0.717) is 36.0 Å². The van der Waals surface area contributed by atoms with E-state index in [1.54, 1.807) is 30.0 Å². The van der Waals surface area contributed by atoms with Crippen molar-refractivity contribution in [1.29, 1.82) is 0 Å². The summed E-state index contributed by atoms with van der Waals surface area (Å²) >= 11 is 1.49. The van der Waals surface area contributed by atoms with Crippen molar-refractivity contribution < 1.29 is 23.5 Å². The second-order valence-corrected chi connectivity index (χ2v) is 8.03. The van der Waals surface area contributed by atoms with Crippen LogP contribution in [0.2, 0.25) is 0 Å². The Morgan fingerprint density at radius 3 is 2.90 bits per heavy atom. The average molecular weight is 439 g/mol. The fourth-order valence-corrected chi connectivity index (χ4v) is 3.95. The van der Waals surface area contributed by atoms with Crippen LogP contribution in [0.4, 0.5) is 11.4 Å². The molecule has 1 aliphatic rings. The molecule has 0 radical (unpaired) electrons. The van der Waals surface area contributed by atoms with Crippen molar-refractivity contribution in [2.75, 3.05) is 23.4 Å². The van der Waals surface area contributed by atoms with Crippen molar-refractivity contribution >= 4 is 40.5 Å². The summed E-state index contributed by atoms with van der Waals surface area (Å²) in [7, 11) is 0. The molecule has 3 aromatic rings. The Morgan fingerprint density at radius 1 is 1.29 bits per heavy atom. The topological polar surface area (TPSA) is 102 Å². The number of aromatic nitrogens is 1. The number of nitrogens with one attached hydrogen (secondary N) is 1. The molecule has 4 rings (SSSR count). The van der Waals surface area contributed by atoms with Crippen LogP contribution in [0.25, 0.3) is 10.8 Å². The van der Waals surface area contributed by atoms with Crippen LogP contribution in [-0.2, 0) is 25.5 Å². The van der Waals surface area contributed by atoms with Gasteiger partial charge in [-0.15, -0.1) is 11.3 Å². The predicted octanol–water partition coefficient (Wildman–Crippen LogP) is 3.56. The molecule has 1 aliphatic heterocycles. The summed E-state index contributed by atoms with van der Waals surface area (Å²) in [5, 5.41) is 4.60. The Morgan fingerprint density at radius 2 is 2.16 bits per heavy atom. The third-order valence-electron chi connectivity index (χ3n) is 4.82. The number of rotatable bonds is 7. The molecule has 0 aliphatic carbocycles. The Labute approximate surface area is 182 Å². The van der Waals surface area contributed by atoms with Gasteiger partial charge in [0.05, 0.1) is 17.0 Å². The van der Waals surface area contributed by atoms with E-state index >= 15 is 0 Å². The largest absolute Gasteiger partial charge is 0.455 e. The number of carbonyl (C=O) groups is 3. The summed E-state index contributed by atoms with van der Waals surface area (Å²) < 4.78 is 10.7. The number of esters is 1. The number of aryl methyl sites for hydroxylation is 1. The van der Waals surface area contributed by atoms with E-state index in [4.69, 9.17) is 9.15 Å². The van der Waals surface area contributed by atoms with E-state index in [0.717, 1.165) is 17.0 Å². The third kappa shape index (κ3) is 5.00. The van der Waals surface area contributed by atoms with E-state index in [-0.39, 0.29) is 12.3 Å². The summed E-state index contributed by atoms with van der Waals surface area (Å²) in [6, 6.07) is 10.8. The molecule has 3 heterocycles. The number of thiophene rings is 1. The minimum Gasteiger partial charge on any atom is -0.455 e. The van der Waals surface area contributed by atoms with E-state index in [1.807, 2.05) is 23.6 Å². The lowest BCUT2D eigenvalue weighted by atomic mass is 10.2. The highest BCUT2D eigenvalue weighted by molar-refractivity contribution is 7.13. The van der Waals surface area contributed by atoms with Crippen molar-refractivity contribution in [2.24, 2.45) is 0 Å². The van der Waals surface area contributed by atoms with Crippen LogP contribution in [0.1, 0.15) is 24.3 Å². The lowest BCUT2D eigenvalue weighted by Gasteiger charge is -2.16. The summed E-state index contributed by atoms with van der Waals surface area (Å²) in [5.41, 5.74) is 1.75. The third-order valence-corrected chi connectivity index (χ3v) is 5.67. The van der Waals surface area contributed by atoms with Gasteiger partial charge in [0.15, 0.2) is 6.61 Å². The molecule has 2 amide bonds. The second-order valence-electron chi connectivity index (χ2n) is 7.08. The number of anilines is 2. The molecule has 1 saturated heterocycles. The van der Waals surface area contributed by atoms with Gasteiger partial charge in [-0.1, -0.05) is 12.1 Å². The Bertz CT molecular complexity index is 1110. The van der Waals surface area contributed by atoms with Gasteiger partial charge >= 0.3 is 5.97 Å². The van der Waals surface area contributed by atoms with E-state index in [2.05, 4.69) is 10.3 Å². The normalized spacial score (nSPS) is 13.5. The molecule has 160 valence electrons. The molecule has 1 N–H and O–H groups in total. The number of nitrogens with zero attached hydrogens (tertiary/aromatic N) is 2. The zero-order valence-corrected chi connectivity index (χ0v) is 17.7. The zero-order valence-electron chi connectivity index (χ0n) is 16.9. The maximum Gasteiger partial charge on any atom is 0.312 e. The van der Waals surface area contributed by atoms with Crippen LogP contribution < -0.4 is 10.2 Å². The molecule has 2 aromatic heterocycles. The molecular weight excluding hydrogens is 418 g/mol. The number of carbonyl (C=O) groups excluding carboxylic acids is 3. The first-order chi connectivity index (χ1) is 15.0. The molecule has 0 saturated carbocycles. The monoisotopic (exact) mass is 439 g/mol. The molecule has 8 nitrogen and oxygen atoms in total. The van der Waals surface area contributed by atoms with Crippen molar-refractivity contribution in [3.05, 3.63) is 53.2 Å². The molecule has 0 atom stereocenters. The standard InChI is InChI=1S/C22H21N3O5S/c1-14-17(24-22(30-14)18-7-4-10-31-18)12-21(28)29-13-19(26)23-15-5-2-6-16(11-15)25-9-3-8-20(25)27/h2,4-7,10-11H,3,8-9,12-13H2,1H3,(H,23,26). The van der Waals surface area contributed by atoms with E-state index in [1.165, 1.54) is 11.3 Å². The van der Waals surface area contributed by atoms with Crippen molar-refractivity contribution in [3.63, 3.8) is 0 Å². The average Bonchev–Trinajstić information content (AvgIpc) is 3.49. The minimum atomic E-state index is -0.569. The first-order valence-electron chi connectivity index (χ1n) is 9.85. The maximum absolute atomic E-state index is 12.2. The van der Waals surface area contributed by atoms with Crippen LogP contribution in [0.3, 0.4) is 0 Å². The van der Waals surface area contributed by atoms with Crippen LogP contribution in [-0.4, -0.2) is 35.9 Å². The Hall–Kier alpha value is -3.46. The molecule has 0 bridgehead atoms. The van der Waals surface area contributed by atoms with Gasteiger partial charge in [0.2, 0.25) is 11.8 Å². The molecular formula is C22H21N3O5S. The fraction of sp³-hybridized carbons (Fsp3) is 0.273. The number of hydrogen-bond acceptors (Lipinski definition) is 7. The highest BCUT2D eigenvalue weighted by Gasteiger charge is 2.22. The van der Waals surface area contributed by atoms with Crippen LogP contribution in [0, 0.1) is 6.92 Å². The van der Waals surface area contributed by atoms with E-state index in [9.17, 15) is 14.4 Å². The Kier molecular flexibility index (Phi) is 6.13. The quantitative estimate of drug-likeness (QED) is 0.565. The number of hydrogen-bond donors (Lipinski definition) is 1. The summed E-state index contributed by atoms with van der Waals surface area (Å²) in [4.78, 5) is 43.2. The smallest absolute Gasteiger partial charge is 0.312 e. The Balaban J connectivity index is 1.29. The van der Waals surface area contributed by atoms with Gasteiger partial charge in [-0.25, -0.2) is 4.98 Å². The van der Waals surface area contributed by atoms with Gasteiger partial charge < -0.3 is 19.4 Å². The summed E-state index contributed by atoms with van der Waals surface area (Å²) in [6.45, 7) is 1.99. The second kappa shape index (κ2) is 9.13. The molecule has 9 heteroatoms. The molecule has 31 heavy (non-hydrogen) atoms. The van der Waals surface area contributed by atoms with E-state index < -0.39 is 18.5 Å². The van der Waals surface area contributed by atoms with Crippen molar-refractivity contribution in [3.8, 4) is 10.8 Å². The SMILES string of the molecule is Cc1oc(-c2cccs2)nc1CC(=O)OCC(=O)Nc1cccc(N2CCCC2=O)c1. The first kappa shape index (κ1) is 20.8. The lowest BCUT2D eigenvalue weighted by molar-refractivity contribution is -0.146. The number of oxazole rings is 1. The van der Waals surface area contributed by atoms with Crippen LogP contribution >= 0.6 is 11.3 Å².